The molecule has 0 fully saturated rings. The van der Waals surface area contributed by atoms with Crippen LogP contribution in [0.3, 0.4) is 0 Å². The molecule has 8 heteroatoms. The zero-order chi connectivity index (χ0) is 24.2. The van der Waals surface area contributed by atoms with Crippen molar-refractivity contribution in [1.82, 2.24) is 0 Å². The molecule has 2 N–H and O–H groups in total. The van der Waals surface area contributed by atoms with E-state index in [1.807, 2.05) is 24.3 Å². The van der Waals surface area contributed by atoms with Gasteiger partial charge >= 0.3 is 0 Å². The molecule has 0 unspecified atom stereocenters. The summed E-state index contributed by atoms with van der Waals surface area (Å²) in [4.78, 5) is 12.6. The number of nitrogens with one attached hydrogen (secondary N) is 2. The lowest BCUT2D eigenvalue weighted by Gasteiger charge is -2.20. The molecule has 6 nitrogen and oxygen atoms in total. The minimum Gasteiger partial charge on any atom is -0.481 e. The van der Waals surface area contributed by atoms with Gasteiger partial charge in [-0.05, 0) is 72.5 Å². The maximum absolute atomic E-state index is 12.6. The van der Waals surface area contributed by atoms with Gasteiger partial charge in [0.25, 0.3) is 15.9 Å². The Hall–Kier alpha value is -3.03. The predicted molar refractivity (Wildman–Crippen MR) is 133 cm³/mol. The van der Waals surface area contributed by atoms with E-state index in [4.69, 9.17) is 16.3 Å². The van der Waals surface area contributed by atoms with Crippen LogP contribution in [0, 0.1) is 0 Å². The zero-order valence-corrected chi connectivity index (χ0v) is 20.5. The van der Waals surface area contributed by atoms with Crippen molar-refractivity contribution in [1.29, 1.82) is 0 Å². The number of anilines is 2. The molecule has 0 aliphatic heterocycles. The average molecular weight is 487 g/mol. The highest BCUT2D eigenvalue weighted by Gasteiger charge is 2.18. The summed E-state index contributed by atoms with van der Waals surface area (Å²) in [5.74, 6) is 0.252. The molecule has 0 aliphatic rings. The minimum atomic E-state index is -3.79. The summed E-state index contributed by atoms with van der Waals surface area (Å²) in [6.07, 6.45) is -0.738. The molecule has 0 saturated heterocycles. The van der Waals surface area contributed by atoms with Gasteiger partial charge in [0.1, 0.15) is 5.75 Å². The van der Waals surface area contributed by atoms with Gasteiger partial charge in [-0.3, -0.25) is 9.52 Å². The Bertz CT molecular complexity index is 1220. The van der Waals surface area contributed by atoms with Crippen LogP contribution in [0.15, 0.2) is 77.7 Å². The first-order valence-corrected chi connectivity index (χ1v) is 12.3. The summed E-state index contributed by atoms with van der Waals surface area (Å²) in [7, 11) is -3.79. The van der Waals surface area contributed by atoms with Crippen molar-refractivity contribution in [2.75, 3.05) is 10.0 Å². The van der Waals surface area contributed by atoms with Crippen molar-refractivity contribution in [3.05, 3.63) is 83.4 Å². The molecule has 3 rings (SSSR count). The van der Waals surface area contributed by atoms with E-state index in [1.54, 1.807) is 25.1 Å². The fourth-order valence-electron chi connectivity index (χ4n) is 3.02. The van der Waals surface area contributed by atoms with Gasteiger partial charge in [0.15, 0.2) is 6.10 Å². The standard InChI is InChI=1S/C25H27ClN2O4S/c1-17(32-22-12-8-18(9-13-22)25(2,3)4)24(29)27-20-10-14-23(15-11-20)33(30,31)28-21-7-5-6-19(26)16-21/h5-17,28H,1-4H3,(H,27,29)/t17-/m1/s1. The quantitative estimate of drug-likeness (QED) is 0.439. The molecule has 0 bridgehead atoms. The maximum Gasteiger partial charge on any atom is 0.265 e. The third-order valence-electron chi connectivity index (χ3n) is 4.91. The molecule has 3 aromatic rings. The van der Waals surface area contributed by atoms with Crippen LogP contribution in [0.4, 0.5) is 11.4 Å². The number of carbonyl (C=O) groups is 1. The van der Waals surface area contributed by atoms with Gasteiger partial charge in [-0.15, -0.1) is 0 Å². The van der Waals surface area contributed by atoms with Crippen LogP contribution in [-0.4, -0.2) is 20.4 Å². The SMILES string of the molecule is C[C@@H](Oc1ccc(C(C)(C)C)cc1)C(=O)Nc1ccc(S(=O)(=O)Nc2cccc(Cl)c2)cc1. The molecular weight excluding hydrogens is 460 g/mol. The molecule has 3 aromatic carbocycles. The van der Waals surface area contributed by atoms with Crippen molar-refractivity contribution in [2.45, 2.75) is 44.1 Å². The van der Waals surface area contributed by atoms with Crippen LogP contribution in [0.1, 0.15) is 33.3 Å². The second kappa shape index (κ2) is 9.85. The van der Waals surface area contributed by atoms with Gasteiger partial charge in [0.2, 0.25) is 0 Å². The Balaban J connectivity index is 1.61. The molecule has 0 spiro atoms. The lowest BCUT2D eigenvalue weighted by atomic mass is 9.87. The van der Waals surface area contributed by atoms with Crippen molar-refractivity contribution >= 4 is 38.9 Å². The molecular formula is C25H27ClN2O4S. The van der Waals surface area contributed by atoms with E-state index < -0.39 is 16.1 Å². The second-order valence-electron chi connectivity index (χ2n) is 8.66. The van der Waals surface area contributed by atoms with E-state index in [2.05, 4.69) is 30.8 Å². The van der Waals surface area contributed by atoms with Gasteiger partial charge in [-0.1, -0.05) is 50.6 Å². The topological polar surface area (TPSA) is 84.5 Å². The van der Waals surface area contributed by atoms with Gasteiger partial charge < -0.3 is 10.1 Å². The van der Waals surface area contributed by atoms with E-state index in [9.17, 15) is 13.2 Å². The van der Waals surface area contributed by atoms with Crippen LogP contribution < -0.4 is 14.8 Å². The largest absolute Gasteiger partial charge is 0.481 e. The average Bonchev–Trinajstić information content (AvgIpc) is 2.73. The van der Waals surface area contributed by atoms with Crippen LogP contribution in [0.25, 0.3) is 0 Å². The molecule has 0 radical (unpaired) electrons. The normalized spacial score (nSPS) is 12.6. The van der Waals surface area contributed by atoms with Crippen LogP contribution in [0.2, 0.25) is 5.02 Å². The summed E-state index contributed by atoms with van der Waals surface area (Å²) in [5.41, 5.74) is 2.03. The number of ether oxygens (including phenoxy) is 1. The highest BCUT2D eigenvalue weighted by molar-refractivity contribution is 7.92. The number of amides is 1. The highest BCUT2D eigenvalue weighted by Crippen LogP contribution is 2.25. The number of sulfonamides is 1. The molecule has 174 valence electrons. The number of hydrogen-bond donors (Lipinski definition) is 2. The summed E-state index contributed by atoms with van der Waals surface area (Å²) in [6, 6.07) is 20.0. The summed E-state index contributed by atoms with van der Waals surface area (Å²) in [5, 5.41) is 3.16. The van der Waals surface area contributed by atoms with Crippen LogP contribution in [-0.2, 0) is 20.2 Å². The van der Waals surface area contributed by atoms with Gasteiger partial charge in [0.05, 0.1) is 10.6 Å². The Morgan fingerprint density at radius 3 is 2.15 bits per heavy atom. The minimum absolute atomic E-state index is 0.0326. The maximum atomic E-state index is 12.6. The lowest BCUT2D eigenvalue weighted by molar-refractivity contribution is -0.122. The number of hydrogen-bond acceptors (Lipinski definition) is 4. The van der Waals surface area contributed by atoms with Crippen molar-refractivity contribution in [3.63, 3.8) is 0 Å². The van der Waals surface area contributed by atoms with E-state index in [1.165, 1.54) is 35.9 Å². The number of rotatable bonds is 7. The van der Waals surface area contributed by atoms with E-state index in [-0.39, 0.29) is 16.2 Å². The molecule has 1 atom stereocenters. The second-order valence-corrected chi connectivity index (χ2v) is 10.8. The van der Waals surface area contributed by atoms with Crippen LogP contribution >= 0.6 is 11.6 Å². The molecule has 0 heterocycles. The summed E-state index contributed by atoms with van der Waals surface area (Å²) >= 11 is 5.91. The first-order valence-electron chi connectivity index (χ1n) is 10.4. The fraction of sp³-hybridized carbons (Fsp3) is 0.240. The Labute approximate surface area is 200 Å². The Morgan fingerprint density at radius 1 is 0.939 bits per heavy atom. The van der Waals surface area contributed by atoms with Crippen molar-refractivity contribution in [3.8, 4) is 5.75 Å². The smallest absolute Gasteiger partial charge is 0.265 e. The molecule has 0 aromatic heterocycles. The number of halogens is 1. The zero-order valence-electron chi connectivity index (χ0n) is 18.9. The lowest BCUT2D eigenvalue weighted by Crippen LogP contribution is -2.30. The first kappa shape index (κ1) is 24.6. The molecule has 0 saturated carbocycles. The van der Waals surface area contributed by atoms with E-state index in [0.717, 1.165) is 0 Å². The van der Waals surface area contributed by atoms with Crippen molar-refractivity contribution in [2.24, 2.45) is 0 Å². The van der Waals surface area contributed by atoms with Gasteiger partial charge in [0, 0.05) is 10.7 Å². The number of benzene rings is 3. The summed E-state index contributed by atoms with van der Waals surface area (Å²) in [6.45, 7) is 8.04. The number of carbonyl (C=O) groups excluding carboxylic acids is 1. The van der Waals surface area contributed by atoms with Crippen molar-refractivity contribution < 1.29 is 17.9 Å². The summed E-state index contributed by atoms with van der Waals surface area (Å²) < 4.78 is 33.4. The van der Waals surface area contributed by atoms with Crippen LogP contribution in [0.5, 0.6) is 5.75 Å². The van der Waals surface area contributed by atoms with E-state index in [0.29, 0.717) is 22.1 Å². The van der Waals surface area contributed by atoms with Gasteiger partial charge in [-0.2, -0.15) is 0 Å². The highest BCUT2D eigenvalue weighted by atomic mass is 35.5. The third-order valence-corrected chi connectivity index (χ3v) is 6.54. The molecule has 33 heavy (non-hydrogen) atoms. The molecule has 0 aliphatic carbocycles. The monoisotopic (exact) mass is 486 g/mol. The van der Waals surface area contributed by atoms with Gasteiger partial charge in [-0.25, -0.2) is 8.42 Å². The fourth-order valence-corrected chi connectivity index (χ4v) is 4.26. The molecule has 1 amide bonds. The predicted octanol–water partition coefficient (Wildman–Crippen LogP) is 5.84. The Morgan fingerprint density at radius 2 is 1.58 bits per heavy atom. The third kappa shape index (κ3) is 6.73. The first-order chi connectivity index (χ1) is 15.4. The van der Waals surface area contributed by atoms with E-state index >= 15 is 0 Å². The Kier molecular flexibility index (Phi) is 7.34.